The molecule has 1 N–H and O–H groups in total. The predicted octanol–water partition coefficient (Wildman–Crippen LogP) is 1.70. The second-order valence-corrected chi connectivity index (χ2v) is 9.17. The van der Waals surface area contributed by atoms with Gasteiger partial charge in [-0.3, -0.25) is 14.4 Å². The molecule has 0 spiro atoms. The number of likely N-dealkylation sites (N-methyl/N-ethyl adjacent to an activating group) is 1. The summed E-state index contributed by atoms with van der Waals surface area (Å²) in [6.45, 7) is 3.31. The number of hydrogen-bond donors (Lipinski definition) is 1. The van der Waals surface area contributed by atoms with E-state index in [9.17, 15) is 4.79 Å². The van der Waals surface area contributed by atoms with Gasteiger partial charge in [-0.25, -0.2) is 4.98 Å². The number of fused-ring (bicyclic) bond motifs is 1. The minimum atomic E-state index is -0.279. The van der Waals surface area contributed by atoms with Crippen LogP contribution in [-0.2, 0) is 18.3 Å². The number of nitriles is 1. The molecule has 0 aliphatic carbocycles. The van der Waals surface area contributed by atoms with Gasteiger partial charge in [-0.1, -0.05) is 12.1 Å². The third kappa shape index (κ3) is 5.02. The Morgan fingerprint density at radius 2 is 2.00 bits per heavy atom. The van der Waals surface area contributed by atoms with Crippen molar-refractivity contribution in [1.29, 1.82) is 5.26 Å². The zero-order chi connectivity index (χ0) is 25.9. The number of benzene rings is 1. The molecule has 37 heavy (non-hydrogen) atoms. The molecule has 1 aliphatic heterocycles. The summed E-state index contributed by atoms with van der Waals surface area (Å²) in [4.78, 5) is 22.4. The molecule has 1 aliphatic rings. The highest BCUT2D eigenvalue weighted by molar-refractivity contribution is 5.93. The van der Waals surface area contributed by atoms with Gasteiger partial charge in [0.1, 0.15) is 17.2 Å². The molecule has 1 amide bonds. The first kappa shape index (κ1) is 24.4. The molecule has 11 heteroatoms. The first-order chi connectivity index (χ1) is 18.0. The number of methoxy groups -OCH3 is 1. The van der Waals surface area contributed by atoms with Gasteiger partial charge in [0.15, 0.2) is 5.65 Å². The number of amides is 1. The first-order valence-corrected chi connectivity index (χ1v) is 12.1. The Labute approximate surface area is 214 Å². The van der Waals surface area contributed by atoms with E-state index >= 15 is 0 Å². The van der Waals surface area contributed by atoms with Gasteiger partial charge >= 0.3 is 0 Å². The number of carbonyl (C=O) groups excluding carboxylic acids is 1. The molecule has 1 atom stereocenters. The summed E-state index contributed by atoms with van der Waals surface area (Å²) in [7, 11) is 5.67. The first-order valence-electron chi connectivity index (χ1n) is 12.1. The highest BCUT2D eigenvalue weighted by atomic mass is 16.5. The SMILES string of the molecule is COC[C@@H]1CN(c2cc(C(=O)NCc3ccc(C#N)cc3)nc3cc(-c4ccnn4C)nn23)CCN1C. The summed E-state index contributed by atoms with van der Waals surface area (Å²) in [6, 6.07) is 15.0. The van der Waals surface area contributed by atoms with Crippen LogP contribution in [-0.4, -0.2) is 81.6 Å². The number of piperazine rings is 1. The average Bonchev–Trinajstić information content (AvgIpc) is 3.54. The number of rotatable bonds is 7. The van der Waals surface area contributed by atoms with E-state index in [-0.39, 0.29) is 11.9 Å². The van der Waals surface area contributed by atoms with E-state index < -0.39 is 0 Å². The van der Waals surface area contributed by atoms with Gasteiger partial charge in [-0.2, -0.15) is 20.0 Å². The minimum absolute atomic E-state index is 0.211. The average molecular weight is 500 g/mol. The zero-order valence-electron chi connectivity index (χ0n) is 21.1. The van der Waals surface area contributed by atoms with E-state index in [2.05, 4.69) is 38.3 Å². The molecule has 4 aromatic rings. The Morgan fingerprint density at radius 1 is 1.19 bits per heavy atom. The fourth-order valence-electron chi connectivity index (χ4n) is 4.55. The third-order valence-electron chi connectivity index (χ3n) is 6.72. The van der Waals surface area contributed by atoms with Gasteiger partial charge in [0.05, 0.1) is 30.0 Å². The summed E-state index contributed by atoms with van der Waals surface area (Å²) < 4.78 is 9.01. The molecule has 5 rings (SSSR count). The van der Waals surface area contributed by atoms with Crippen molar-refractivity contribution in [3.05, 3.63) is 65.5 Å². The quantitative estimate of drug-likeness (QED) is 0.408. The maximum Gasteiger partial charge on any atom is 0.270 e. The molecule has 0 unspecified atom stereocenters. The number of nitrogens with one attached hydrogen (secondary N) is 1. The maximum atomic E-state index is 13.2. The molecule has 0 bridgehead atoms. The monoisotopic (exact) mass is 499 g/mol. The van der Waals surface area contributed by atoms with Crippen LogP contribution in [0.2, 0.25) is 0 Å². The van der Waals surface area contributed by atoms with Gasteiger partial charge in [-0.05, 0) is 30.8 Å². The van der Waals surface area contributed by atoms with E-state index in [1.54, 1.807) is 40.7 Å². The number of anilines is 1. The molecule has 1 aromatic carbocycles. The lowest BCUT2D eigenvalue weighted by atomic mass is 10.1. The number of aryl methyl sites for hydroxylation is 1. The fraction of sp³-hybridized carbons (Fsp3) is 0.346. The molecule has 190 valence electrons. The van der Waals surface area contributed by atoms with Gasteiger partial charge in [-0.15, -0.1) is 0 Å². The summed E-state index contributed by atoms with van der Waals surface area (Å²) in [6.07, 6.45) is 1.73. The fourth-order valence-corrected chi connectivity index (χ4v) is 4.55. The van der Waals surface area contributed by atoms with Crippen molar-refractivity contribution in [1.82, 2.24) is 34.6 Å². The van der Waals surface area contributed by atoms with Crippen molar-refractivity contribution in [3.63, 3.8) is 0 Å². The summed E-state index contributed by atoms with van der Waals surface area (Å²) in [5.74, 6) is 0.523. The third-order valence-corrected chi connectivity index (χ3v) is 6.72. The smallest absolute Gasteiger partial charge is 0.270 e. The van der Waals surface area contributed by atoms with Gasteiger partial charge in [0.25, 0.3) is 5.91 Å². The van der Waals surface area contributed by atoms with Gasteiger partial charge in [0, 0.05) is 58.7 Å². The Morgan fingerprint density at radius 3 is 2.70 bits per heavy atom. The maximum absolute atomic E-state index is 13.2. The van der Waals surface area contributed by atoms with Crippen molar-refractivity contribution in [2.75, 3.05) is 45.3 Å². The van der Waals surface area contributed by atoms with Gasteiger partial charge < -0.3 is 15.0 Å². The van der Waals surface area contributed by atoms with Crippen LogP contribution in [0.5, 0.6) is 0 Å². The normalized spacial score (nSPS) is 16.2. The molecular formula is C26H29N9O2. The van der Waals surface area contributed by atoms with Crippen LogP contribution in [0.4, 0.5) is 5.82 Å². The summed E-state index contributed by atoms with van der Waals surface area (Å²) in [5.41, 5.74) is 3.97. The van der Waals surface area contributed by atoms with Crippen LogP contribution in [0.1, 0.15) is 21.6 Å². The second-order valence-electron chi connectivity index (χ2n) is 9.17. The minimum Gasteiger partial charge on any atom is -0.383 e. The lowest BCUT2D eigenvalue weighted by molar-refractivity contribution is 0.0945. The number of nitrogens with zero attached hydrogens (tertiary/aromatic N) is 8. The van der Waals surface area contributed by atoms with Crippen LogP contribution < -0.4 is 10.2 Å². The van der Waals surface area contributed by atoms with Crippen LogP contribution >= 0.6 is 0 Å². The van der Waals surface area contributed by atoms with E-state index in [4.69, 9.17) is 15.1 Å². The van der Waals surface area contributed by atoms with Crippen LogP contribution in [0, 0.1) is 11.3 Å². The standard InChI is InChI=1S/C26H29N9O2/c1-32-10-11-34(16-20(32)17-37-3)25-13-22(26(36)28-15-19-6-4-18(14-27)5-7-19)30-24-12-21(31-35(24)25)23-8-9-29-33(23)2/h4-9,12-13,20H,10-11,15-17H2,1-3H3,(H,28,36)/t20-/m0/s1. The molecule has 11 nitrogen and oxygen atoms in total. The number of hydrogen-bond acceptors (Lipinski definition) is 8. The van der Waals surface area contributed by atoms with Crippen molar-refractivity contribution in [2.24, 2.45) is 7.05 Å². The summed E-state index contributed by atoms with van der Waals surface area (Å²) >= 11 is 0. The molecule has 4 heterocycles. The van der Waals surface area contributed by atoms with E-state index in [0.717, 1.165) is 42.4 Å². The Bertz CT molecular complexity index is 1450. The topological polar surface area (TPSA) is 117 Å². The molecule has 0 saturated carbocycles. The molecular weight excluding hydrogens is 470 g/mol. The number of ether oxygens (including phenoxy) is 1. The van der Waals surface area contributed by atoms with Crippen molar-refractivity contribution >= 4 is 17.4 Å². The second kappa shape index (κ2) is 10.4. The lowest BCUT2D eigenvalue weighted by Crippen LogP contribution is -2.53. The van der Waals surface area contributed by atoms with E-state index in [1.165, 1.54) is 0 Å². The van der Waals surface area contributed by atoms with Crippen LogP contribution in [0.25, 0.3) is 17.0 Å². The Kier molecular flexibility index (Phi) is 6.85. The van der Waals surface area contributed by atoms with Crippen molar-refractivity contribution in [3.8, 4) is 17.5 Å². The molecule has 0 radical (unpaired) electrons. The van der Waals surface area contributed by atoms with Crippen molar-refractivity contribution in [2.45, 2.75) is 12.6 Å². The predicted molar refractivity (Wildman–Crippen MR) is 138 cm³/mol. The highest BCUT2D eigenvalue weighted by Crippen LogP contribution is 2.25. The van der Waals surface area contributed by atoms with Crippen LogP contribution in [0.15, 0.2) is 48.7 Å². The Hall–Kier alpha value is -4.27. The van der Waals surface area contributed by atoms with E-state index in [0.29, 0.717) is 30.1 Å². The van der Waals surface area contributed by atoms with E-state index in [1.807, 2.05) is 31.3 Å². The largest absolute Gasteiger partial charge is 0.383 e. The zero-order valence-corrected chi connectivity index (χ0v) is 21.1. The van der Waals surface area contributed by atoms with Crippen LogP contribution in [0.3, 0.4) is 0 Å². The molecule has 1 saturated heterocycles. The molecule has 3 aromatic heterocycles. The number of aromatic nitrogens is 5. The highest BCUT2D eigenvalue weighted by Gasteiger charge is 2.27. The lowest BCUT2D eigenvalue weighted by Gasteiger charge is -2.40. The van der Waals surface area contributed by atoms with Crippen molar-refractivity contribution < 1.29 is 9.53 Å². The Balaban J connectivity index is 1.49. The summed E-state index contributed by atoms with van der Waals surface area (Å²) in [5, 5.41) is 21.1. The number of carbonyl (C=O) groups is 1. The molecule has 1 fully saturated rings. The van der Waals surface area contributed by atoms with Gasteiger partial charge in [0.2, 0.25) is 0 Å².